The number of anilines is 2. The summed E-state index contributed by atoms with van der Waals surface area (Å²) in [6, 6.07) is 8.43. The van der Waals surface area contributed by atoms with Crippen LogP contribution in [0.25, 0.3) is 10.9 Å². The number of hydrogen-bond donors (Lipinski definition) is 2. The molecule has 1 aromatic heterocycles. The van der Waals surface area contributed by atoms with E-state index in [1.54, 1.807) is 0 Å². The molecule has 2 aromatic rings. The zero-order valence-electron chi connectivity index (χ0n) is 11.1. The molecular weight excluding hydrogens is 238 g/mol. The van der Waals surface area contributed by atoms with Crippen LogP contribution in [0.15, 0.2) is 24.3 Å². The molecule has 1 saturated heterocycles. The minimum atomic E-state index is 0.472. The van der Waals surface area contributed by atoms with Crippen molar-refractivity contribution in [2.75, 3.05) is 24.3 Å². The van der Waals surface area contributed by atoms with Crippen LogP contribution in [0.3, 0.4) is 0 Å². The van der Waals surface area contributed by atoms with Gasteiger partial charge in [-0.1, -0.05) is 0 Å². The maximum atomic E-state index is 5.89. The van der Waals surface area contributed by atoms with Crippen molar-refractivity contribution in [2.24, 2.45) is 0 Å². The molecule has 2 heterocycles. The van der Waals surface area contributed by atoms with Crippen molar-refractivity contribution in [1.29, 1.82) is 0 Å². The number of nitrogens with two attached hydrogens (primary N) is 1. The third-order valence-corrected chi connectivity index (χ3v) is 3.54. The van der Waals surface area contributed by atoms with Crippen LogP contribution in [0.5, 0.6) is 0 Å². The summed E-state index contributed by atoms with van der Waals surface area (Å²) in [6.45, 7) is 3.69. The number of nitrogen functional groups attached to an aromatic ring is 1. The molecule has 3 rings (SSSR count). The largest absolute Gasteiger partial charge is 0.399 e. The summed E-state index contributed by atoms with van der Waals surface area (Å²) < 4.78 is 5.40. The fourth-order valence-corrected chi connectivity index (χ4v) is 2.56. The normalized spacial score (nSPS) is 16.7. The van der Waals surface area contributed by atoms with E-state index in [0.29, 0.717) is 6.04 Å². The highest BCUT2D eigenvalue weighted by Gasteiger charge is 2.15. The maximum Gasteiger partial charge on any atom is 0.0727 e. The van der Waals surface area contributed by atoms with E-state index in [1.165, 1.54) is 0 Å². The molecule has 1 aliphatic heterocycles. The molecule has 0 radical (unpaired) electrons. The quantitative estimate of drug-likeness (QED) is 0.812. The van der Waals surface area contributed by atoms with Crippen LogP contribution < -0.4 is 11.1 Å². The van der Waals surface area contributed by atoms with E-state index in [1.807, 2.05) is 25.1 Å². The molecule has 3 N–H and O–H groups in total. The van der Waals surface area contributed by atoms with Crippen LogP contribution in [-0.4, -0.2) is 24.2 Å². The number of nitrogens with zero attached hydrogens (tertiary/aromatic N) is 1. The molecule has 0 bridgehead atoms. The van der Waals surface area contributed by atoms with Crippen LogP contribution >= 0.6 is 0 Å². The number of aromatic nitrogens is 1. The second-order valence-electron chi connectivity index (χ2n) is 5.12. The Kier molecular flexibility index (Phi) is 3.25. The lowest BCUT2D eigenvalue weighted by Gasteiger charge is -2.25. The van der Waals surface area contributed by atoms with Crippen molar-refractivity contribution in [3.63, 3.8) is 0 Å². The lowest BCUT2D eigenvalue weighted by atomic mass is 10.1. The number of rotatable bonds is 2. The van der Waals surface area contributed by atoms with Gasteiger partial charge in [0.1, 0.15) is 0 Å². The van der Waals surface area contributed by atoms with E-state index in [-0.39, 0.29) is 0 Å². The van der Waals surface area contributed by atoms with Crippen LogP contribution in [0.1, 0.15) is 18.5 Å². The standard InChI is InChI=1S/C15H19N3O/c1-10-8-15(18-12-4-6-19-7-5-12)13-9-11(16)2-3-14(13)17-10/h2-3,8-9,12H,4-7,16H2,1H3,(H,17,18). The van der Waals surface area contributed by atoms with Gasteiger partial charge in [0.15, 0.2) is 0 Å². The summed E-state index contributed by atoms with van der Waals surface area (Å²) in [5.74, 6) is 0. The first-order valence-electron chi connectivity index (χ1n) is 6.73. The predicted octanol–water partition coefficient (Wildman–Crippen LogP) is 2.72. The highest BCUT2D eigenvalue weighted by atomic mass is 16.5. The van der Waals surface area contributed by atoms with Gasteiger partial charge in [0.25, 0.3) is 0 Å². The van der Waals surface area contributed by atoms with Gasteiger partial charge in [0, 0.05) is 41.7 Å². The molecule has 4 nitrogen and oxygen atoms in total. The van der Waals surface area contributed by atoms with Gasteiger partial charge < -0.3 is 15.8 Å². The van der Waals surface area contributed by atoms with Gasteiger partial charge in [-0.15, -0.1) is 0 Å². The van der Waals surface area contributed by atoms with Crippen molar-refractivity contribution in [2.45, 2.75) is 25.8 Å². The highest BCUT2D eigenvalue weighted by Crippen LogP contribution is 2.27. The average molecular weight is 257 g/mol. The molecule has 1 aromatic carbocycles. The fourth-order valence-electron chi connectivity index (χ4n) is 2.56. The van der Waals surface area contributed by atoms with E-state index in [9.17, 15) is 0 Å². The predicted molar refractivity (Wildman–Crippen MR) is 78.4 cm³/mol. The van der Waals surface area contributed by atoms with Gasteiger partial charge in [0.2, 0.25) is 0 Å². The molecule has 100 valence electrons. The second kappa shape index (κ2) is 5.05. The van der Waals surface area contributed by atoms with Crippen molar-refractivity contribution in [1.82, 2.24) is 4.98 Å². The van der Waals surface area contributed by atoms with Gasteiger partial charge in [-0.3, -0.25) is 4.98 Å². The summed E-state index contributed by atoms with van der Waals surface area (Å²) in [5, 5.41) is 4.71. The van der Waals surface area contributed by atoms with E-state index in [2.05, 4.69) is 16.4 Å². The molecule has 0 aliphatic carbocycles. The third-order valence-electron chi connectivity index (χ3n) is 3.54. The first-order chi connectivity index (χ1) is 9.22. The Labute approximate surface area is 113 Å². The lowest BCUT2D eigenvalue weighted by molar-refractivity contribution is 0.0905. The number of pyridine rings is 1. The van der Waals surface area contributed by atoms with Gasteiger partial charge in [-0.05, 0) is 44.0 Å². The molecule has 0 saturated carbocycles. The SMILES string of the molecule is Cc1cc(NC2CCOCC2)c2cc(N)ccc2n1. The Bertz CT molecular complexity index is 591. The first kappa shape index (κ1) is 12.2. The van der Waals surface area contributed by atoms with Crippen molar-refractivity contribution >= 4 is 22.3 Å². The molecular formula is C15H19N3O. The summed E-state index contributed by atoms with van der Waals surface area (Å²) in [6.07, 6.45) is 2.09. The summed E-state index contributed by atoms with van der Waals surface area (Å²) in [5.41, 5.74) is 9.80. The molecule has 4 heteroatoms. The summed E-state index contributed by atoms with van der Waals surface area (Å²) in [4.78, 5) is 4.55. The molecule has 19 heavy (non-hydrogen) atoms. The fraction of sp³-hybridized carbons (Fsp3) is 0.400. The van der Waals surface area contributed by atoms with Crippen molar-refractivity contribution in [3.8, 4) is 0 Å². The van der Waals surface area contributed by atoms with Crippen LogP contribution in [0.4, 0.5) is 11.4 Å². The number of benzene rings is 1. The van der Waals surface area contributed by atoms with Gasteiger partial charge in [-0.25, -0.2) is 0 Å². The monoisotopic (exact) mass is 257 g/mol. The zero-order valence-corrected chi connectivity index (χ0v) is 11.1. The Morgan fingerprint density at radius 3 is 2.84 bits per heavy atom. The third kappa shape index (κ3) is 2.63. The summed E-state index contributed by atoms with van der Waals surface area (Å²) >= 11 is 0. The van der Waals surface area contributed by atoms with Gasteiger partial charge in [-0.2, -0.15) is 0 Å². The van der Waals surface area contributed by atoms with E-state index in [4.69, 9.17) is 10.5 Å². The highest BCUT2D eigenvalue weighted by molar-refractivity contribution is 5.93. The van der Waals surface area contributed by atoms with Crippen molar-refractivity contribution in [3.05, 3.63) is 30.0 Å². The molecule has 0 atom stereocenters. The van der Waals surface area contributed by atoms with Crippen LogP contribution in [-0.2, 0) is 4.74 Å². The van der Waals surface area contributed by atoms with Gasteiger partial charge in [0.05, 0.1) is 5.52 Å². The maximum absolute atomic E-state index is 5.89. The molecule has 0 unspecified atom stereocenters. The van der Waals surface area contributed by atoms with Crippen LogP contribution in [0, 0.1) is 6.92 Å². The molecule has 1 aliphatic rings. The van der Waals surface area contributed by atoms with Gasteiger partial charge >= 0.3 is 0 Å². The topological polar surface area (TPSA) is 60.2 Å². The lowest BCUT2D eigenvalue weighted by Crippen LogP contribution is -2.28. The Morgan fingerprint density at radius 2 is 2.05 bits per heavy atom. The van der Waals surface area contributed by atoms with E-state index >= 15 is 0 Å². The van der Waals surface area contributed by atoms with E-state index < -0.39 is 0 Å². The number of hydrogen-bond acceptors (Lipinski definition) is 4. The Balaban J connectivity index is 1.98. The smallest absolute Gasteiger partial charge is 0.0727 e. The minimum absolute atomic E-state index is 0.472. The molecule has 1 fully saturated rings. The summed E-state index contributed by atoms with van der Waals surface area (Å²) in [7, 11) is 0. The Hall–Kier alpha value is -1.81. The molecule has 0 spiro atoms. The average Bonchev–Trinajstić information content (AvgIpc) is 2.41. The van der Waals surface area contributed by atoms with Crippen molar-refractivity contribution < 1.29 is 4.74 Å². The number of aryl methyl sites for hydroxylation is 1. The number of ether oxygens (including phenoxy) is 1. The second-order valence-corrected chi connectivity index (χ2v) is 5.12. The number of nitrogens with one attached hydrogen (secondary N) is 1. The van der Waals surface area contributed by atoms with E-state index in [0.717, 1.165) is 54.0 Å². The zero-order chi connectivity index (χ0) is 13.2. The minimum Gasteiger partial charge on any atom is -0.399 e. The molecule has 0 amide bonds. The Morgan fingerprint density at radius 1 is 1.26 bits per heavy atom. The first-order valence-corrected chi connectivity index (χ1v) is 6.73. The van der Waals surface area contributed by atoms with Crippen LogP contribution in [0.2, 0.25) is 0 Å². The number of fused-ring (bicyclic) bond motifs is 1.